The summed E-state index contributed by atoms with van der Waals surface area (Å²) in [7, 11) is 1.57. The van der Waals surface area contributed by atoms with Gasteiger partial charge in [-0.3, -0.25) is 9.59 Å². The summed E-state index contributed by atoms with van der Waals surface area (Å²) in [4.78, 5) is 34.7. The Labute approximate surface area is 206 Å². The Morgan fingerprint density at radius 3 is 2.66 bits per heavy atom. The Balaban J connectivity index is 1.62. The monoisotopic (exact) mass is 484 g/mol. The first-order valence-electron chi connectivity index (χ1n) is 11.1. The number of aryl methyl sites for hydroxylation is 2. The van der Waals surface area contributed by atoms with Gasteiger partial charge in [-0.2, -0.15) is 0 Å². The second-order valence-corrected chi connectivity index (χ2v) is 9.20. The second-order valence-electron chi connectivity index (χ2n) is 8.26. The number of amides is 1. The Morgan fingerprint density at radius 2 is 1.86 bits per heavy atom. The number of ether oxygens (including phenoxy) is 1. The molecule has 176 valence electrons. The topological polar surface area (TPSA) is 89.0 Å². The van der Waals surface area contributed by atoms with E-state index in [1.807, 2.05) is 80.6 Å². The second kappa shape index (κ2) is 9.31. The first-order chi connectivity index (χ1) is 17.0. The normalized spacial score (nSPS) is 11.2. The molecular weight excluding hydrogens is 460 g/mol. The van der Waals surface area contributed by atoms with Gasteiger partial charge in [-0.25, -0.2) is 9.55 Å². The van der Waals surface area contributed by atoms with Crippen LogP contribution in [0, 0.1) is 13.8 Å². The van der Waals surface area contributed by atoms with Gasteiger partial charge in [0.1, 0.15) is 16.8 Å². The predicted octanol–water partition coefficient (Wildman–Crippen LogP) is 5.22. The standard InChI is InChI=1S/C27H24N4O3S/c1-16-12-13-22(34-3)21(14-16)31-26(33)25-24(18-9-5-7-11-20(18)29-25)30-27(31)35-15-23(32)28-19-10-6-4-8-17(19)2/h4-14,29H,15H2,1-3H3,(H,28,32). The van der Waals surface area contributed by atoms with Crippen molar-refractivity contribution >= 4 is 45.3 Å². The van der Waals surface area contributed by atoms with Crippen LogP contribution in [0.15, 0.2) is 76.7 Å². The first-order valence-corrected chi connectivity index (χ1v) is 12.1. The van der Waals surface area contributed by atoms with Crippen molar-refractivity contribution < 1.29 is 9.53 Å². The van der Waals surface area contributed by atoms with Crippen molar-refractivity contribution in [1.82, 2.24) is 14.5 Å². The third kappa shape index (κ3) is 4.28. The average Bonchev–Trinajstić information content (AvgIpc) is 3.23. The summed E-state index contributed by atoms with van der Waals surface area (Å²) in [5.41, 5.74) is 4.84. The fourth-order valence-corrected chi connectivity index (χ4v) is 4.85. The van der Waals surface area contributed by atoms with E-state index < -0.39 is 0 Å². The zero-order valence-corrected chi connectivity index (χ0v) is 20.4. The van der Waals surface area contributed by atoms with Gasteiger partial charge >= 0.3 is 0 Å². The van der Waals surface area contributed by atoms with Gasteiger partial charge in [0.15, 0.2) is 5.16 Å². The van der Waals surface area contributed by atoms with Crippen LogP contribution >= 0.6 is 11.8 Å². The van der Waals surface area contributed by atoms with Gasteiger partial charge in [-0.05, 0) is 49.2 Å². The summed E-state index contributed by atoms with van der Waals surface area (Å²) >= 11 is 1.21. The maximum absolute atomic E-state index is 13.8. The lowest BCUT2D eigenvalue weighted by molar-refractivity contribution is -0.113. The maximum atomic E-state index is 13.8. The molecule has 35 heavy (non-hydrogen) atoms. The van der Waals surface area contributed by atoms with E-state index in [0.717, 1.165) is 27.7 Å². The number of thioether (sulfide) groups is 1. The molecule has 7 nitrogen and oxygen atoms in total. The van der Waals surface area contributed by atoms with Gasteiger partial charge in [0.05, 0.1) is 18.6 Å². The number of H-pyrrole nitrogens is 1. The molecule has 0 saturated heterocycles. The molecule has 0 atom stereocenters. The highest BCUT2D eigenvalue weighted by Gasteiger charge is 2.20. The number of hydrogen-bond acceptors (Lipinski definition) is 5. The minimum Gasteiger partial charge on any atom is -0.495 e. The van der Waals surface area contributed by atoms with E-state index in [9.17, 15) is 9.59 Å². The molecule has 0 radical (unpaired) electrons. The highest BCUT2D eigenvalue weighted by molar-refractivity contribution is 7.99. The summed E-state index contributed by atoms with van der Waals surface area (Å²) in [6.07, 6.45) is 0. The van der Waals surface area contributed by atoms with E-state index in [-0.39, 0.29) is 17.2 Å². The maximum Gasteiger partial charge on any atom is 0.283 e. The number of rotatable bonds is 6. The number of nitrogens with one attached hydrogen (secondary N) is 2. The van der Waals surface area contributed by atoms with Crippen LogP contribution in [0.5, 0.6) is 5.75 Å². The lowest BCUT2D eigenvalue weighted by Gasteiger charge is -2.16. The van der Waals surface area contributed by atoms with E-state index in [1.165, 1.54) is 16.3 Å². The van der Waals surface area contributed by atoms with Gasteiger partial charge in [0, 0.05) is 16.6 Å². The number of aromatic nitrogens is 3. The molecule has 0 saturated carbocycles. The number of hydrogen-bond donors (Lipinski definition) is 2. The average molecular weight is 485 g/mol. The molecule has 0 bridgehead atoms. The Hall–Kier alpha value is -4.04. The van der Waals surface area contributed by atoms with Crippen LogP contribution in [0.1, 0.15) is 11.1 Å². The molecule has 5 rings (SSSR count). The molecule has 2 N–H and O–H groups in total. The molecule has 1 amide bonds. The molecule has 2 heterocycles. The number of anilines is 1. The molecule has 0 aliphatic rings. The van der Waals surface area contributed by atoms with Crippen LogP contribution < -0.4 is 15.6 Å². The Morgan fingerprint density at radius 1 is 1.09 bits per heavy atom. The fourth-order valence-electron chi connectivity index (χ4n) is 4.06. The third-order valence-electron chi connectivity index (χ3n) is 5.82. The van der Waals surface area contributed by atoms with Crippen molar-refractivity contribution in [2.75, 3.05) is 18.2 Å². The number of carbonyl (C=O) groups excluding carboxylic acids is 1. The number of carbonyl (C=O) groups is 1. The molecule has 2 aromatic heterocycles. The van der Waals surface area contributed by atoms with Gasteiger partial charge in [0.25, 0.3) is 5.56 Å². The van der Waals surface area contributed by atoms with E-state index >= 15 is 0 Å². The molecule has 0 aliphatic heterocycles. The largest absolute Gasteiger partial charge is 0.495 e. The van der Waals surface area contributed by atoms with Crippen molar-refractivity contribution in [2.24, 2.45) is 0 Å². The molecule has 0 spiro atoms. The minimum absolute atomic E-state index is 0.0861. The van der Waals surface area contributed by atoms with Crippen LogP contribution in [-0.4, -0.2) is 33.3 Å². The number of para-hydroxylation sites is 2. The third-order valence-corrected chi connectivity index (χ3v) is 6.76. The number of benzene rings is 3. The van der Waals surface area contributed by atoms with Crippen molar-refractivity contribution in [3.8, 4) is 11.4 Å². The molecule has 0 aliphatic carbocycles. The zero-order valence-electron chi connectivity index (χ0n) is 19.6. The van der Waals surface area contributed by atoms with Crippen LogP contribution in [0.25, 0.3) is 27.6 Å². The fraction of sp³-hybridized carbons (Fsp3) is 0.148. The summed E-state index contributed by atoms with van der Waals surface area (Å²) in [6, 6.07) is 20.9. The van der Waals surface area contributed by atoms with E-state index in [4.69, 9.17) is 9.72 Å². The van der Waals surface area contributed by atoms with Crippen LogP contribution in [0.3, 0.4) is 0 Å². The molecule has 0 fully saturated rings. The molecule has 8 heteroatoms. The van der Waals surface area contributed by atoms with Crippen LogP contribution in [0.2, 0.25) is 0 Å². The van der Waals surface area contributed by atoms with Gasteiger partial charge in [-0.15, -0.1) is 0 Å². The number of nitrogens with zero attached hydrogens (tertiary/aromatic N) is 2. The highest BCUT2D eigenvalue weighted by Crippen LogP contribution is 2.30. The van der Waals surface area contributed by atoms with Crippen LogP contribution in [0.4, 0.5) is 5.69 Å². The smallest absolute Gasteiger partial charge is 0.283 e. The summed E-state index contributed by atoms with van der Waals surface area (Å²) in [5, 5.41) is 4.21. The van der Waals surface area contributed by atoms with Gasteiger partial charge < -0.3 is 15.0 Å². The minimum atomic E-state index is -0.253. The predicted molar refractivity (Wildman–Crippen MR) is 141 cm³/mol. The lowest BCUT2D eigenvalue weighted by Crippen LogP contribution is -2.23. The van der Waals surface area contributed by atoms with Crippen molar-refractivity contribution in [3.05, 3.63) is 88.2 Å². The first kappa shape index (κ1) is 22.7. The van der Waals surface area contributed by atoms with Gasteiger partial charge in [0.2, 0.25) is 5.91 Å². The molecule has 3 aromatic carbocycles. The van der Waals surface area contributed by atoms with Crippen LogP contribution in [-0.2, 0) is 4.79 Å². The number of fused-ring (bicyclic) bond motifs is 3. The van der Waals surface area contributed by atoms with Crippen molar-refractivity contribution in [3.63, 3.8) is 0 Å². The lowest BCUT2D eigenvalue weighted by atomic mass is 10.2. The molecule has 0 unspecified atom stereocenters. The van der Waals surface area contributed by atoms with E-state index in [1.54, 1.807) is 7.11 Å². The summed E-state index contributed by atoms with van der Waals surface area (Å²) < 4.78 is 7.09. The Bertz CT molecular complexity index is 1640. The number of aromatic amines is 1. The quantitative estimate of drug-likeness (QED) is 0.255. The van der Waals surface area contributed by atoms with E-state index in [0.29, 0.717) is 27.6 Å². The molecular formula is C27H24N4O3S. The Kier molecular flexibility index (Phi) is 6.05. The molecule has 5 aromatic rings. The zero-order chi connectivity index (χ0) is 24.5. The van der Waals surface area contributed by atoms with E-state index in [2.05, 4.69) is 10.3 Å². The summed E-state index contributed by atoms with van der Waals surface area (Å²) in [6.45, 7) is 3.89. The van der Waals surface area contributed by atoms with Crippen molar-refractivity contribution in [2.45, 2.75) is 19.0 Å². The van der Waals surface area contributed by atoms with Crippen molar-refractivity contribution in [1.29, 1.82) is 0 Å². The van der Waals surface area contributed by atoms with Gasteiger partial charge in [-0.1, -0.05) is 54.2 Å². The number of methoxy groups -OCH3 is 1. The summed E-state index contributed by atoms with van der Waals surface area (Å²) in [5.74, 6) is 0.449. The highest BCUT2D eigenvalue weighted by atomic mass is 32.2. The SMILES string of the molecule is COc1ccc(C)cc1-n1c(SCC(=O)Nc2ccccc2C)nc2c([nH]c3ccccc32)c1=O.